The first-order valence-electron chi connectivity index (χ1n) is 9.51. The zero-order valence-corrected chi connectivity index (χ0v) is 18.1. The fourth-order valence-corrected chi connectivity index (χ4v) is 2.84. The summed E-state index contributed by atoms with van der Waals surface area (Å²) in [4.78, 5) is 20.3. The number of carbonyl (C=O) groups is 1. The normalized spacial score (nSPS) is 10.3. The molecule has 0 aliphatic carbocycles. The van der Waals surface area contributed by atoms with Gasteiger partial charge in [0.15, 0.2) is 28.8 Å². The van der Waals surface area contributed by atoms with Crippen LogP contribution in [0.4, 0.5) is 16.0 Å². The zero-order chi connectivity index (χ0) is 23.1. The number of carbonyl (C=O) groups excluding carboxylic acids is 1. The number of benzene rings is 2. The van der Waals surface area contributed by atoms with Gasteiger partial charge in [0.25, 0.3) is 5.91 Å². The van der Waals surface area contributed by atoms with Crippen molar-refractivity contribution in [2.24, 2.45) is 0 Å². The van der Waals surface area contributed by atoms with Crippen LogP contribution < -0.4 is 29.6 Å². The predicted octanol–water partition coefficient (Wildman–Crippen LogP) is 3.32. The predicted molar refractivity (Wildman–Crippen MR) is 116 cm³/mol. The lowest BCUT2D eigenvalue weighted by Crippen LogP contribution is -2.18. The van der Waals surface area contributed by atoms with Crippen molar-refractivity contribution in [3.05, 3.63) is 59.7 Å². The van der Waals surface area contributed by atoms with Crippen molar-refractivity contribution < 1.29 is 28.1 Å². The van der Waals surface area contributed by atoms with Crippen molar-refractivity contribution in [3.8, 4) is 23.0 Å². The number of aromatic nitrogens is 2. The molecule has 0 radical (unpaired) electrons. The van der Waals surface area contributed by atoms with Gasteiger partial charge in [-0.3, -0.25) is 4.79 Å². The van der Waals surface area contributed by atoms with E-state index < -0.39 is 5.82 Å². The summed E-state index contributed by atoms with van der Waals surface area (Å²) in [5.41, 5.74) is 1.13. The third-order valence-electron chi connectivity index (χ3n) is 4.49. The van der Waals surface area contributed by atoms with Crippen LogP contribution in [0.2, 0.25) is 0 Å². The van der Waals surface area contributed by atoms with Crippen LogP contribution in [0.5, 0.6) is 23.0 Å². The van der Waals surface area contributed by atoms with Gasteiger partial charge in [-0.15, -0.1) is 0 Å². The Morgan fingerprint density at radius 3 is 2.28 bits per heavy atom. The summed E-state index contributed by atoms with van der Waals surface area (Å²) in [5.74, 6) is 0.813. The SMILES string of the molecule is CNC(=O)c1cc(COc2cnc(Nc3ccc(OC)c(OC)c3)nc2)c(F)c(OC)c1. The fraction of sp³-hybridized carbons (Fsp3) is 0.227. The van der Waals surface area contributed by atoms with Gasteiger partial charge in [-0.1, -0.05) is 0 Å². The smallest absolute Gasteiger partial charge is 0.251 e. The molecule has 0 aliphatic heterocycles. The van der Waals surface area contributed by atoms with E-state index >= 15 is 0 Å². The molecule has 3 rings (SSSR count). The molecule has 0 bridgehead atoms. The first-order valence-corrected chi connectivity index (χ1v) is 9.51. The molecule has 2 N–H and O–H groups in total. The number of methoxy groups -OCH3 is 3. The van der Waals surface area contributed by atoms with Crippen LogP contribution in [-0.4, -0.2) is 44.3 Å². The number of hydrogen-bond donors (Lipinski definition) is 2. The molecule has 2 aromatic carbocycles. The van der Waals surface area contributed by atoms with Crippen molar-refractivity contribution >= 4 is 17.5 Å². The average Bonchev–Trinajstić information content (AvgIpc) is 2.83. The molecule has 1 amide bonds. The van der Waals surface area contributed by atoms with Gasteiger partial charge in [0.2, 0.25) is 5.95 Å². The number of rotatable bonds is 9. The lowest BCUT2D eigenvalue weighted by molar-refractivity contribution is 0.0962. The fourth-order valence-electron chi connectivity index (χ4n) is 2.84. The maximum absolute atomic E-state index is 14.5. The zero-order valence-electron chi connectivity index (χ0n) is 18.1. The van der Waals surface area contributed by atoms with Gasteiger partial charge in [-0.05, 0) is 24.3 Å². The standard InChI is InChI=1S/C22H23FN4O5/c1-24-21(28)13-7-14(20(23)19(8-13)31-4)12-32-16-10-25-22(26-11-16)27-15-5-6-17(29-2)18(9-15)30-3/h5-11H,12H2,1-4H3,(H,24,28)(H,25,26,27). The molecule has 10 heteroatoms. The number of halogens is 1. The van der Waals surface area contributed by atoms with Crippen molar-refractivity contribution in [2.75, 3.05) is 33.7 Å². The van der Waals surface area contributed by atoms with Gasteiger partial charge in [0, 0.05) is 29.9 Å². The van der Waals surface area contributed by atoms with E-state index in [0.29, 0.717) is 28.9 Å². The summed E-state index contributed by atoms with van der Waals surface area (Å²) in [6.07, 6.45) is 2.90. The molecule has 0 saturated carbocycles. The van der Waals surface area contributed by atoms with E-state index in [4.69, 9.17) is 18.9 Å². The highest BCUT2D eigenvalue weighted by Gasteiger charge is 2.16. The molecule has 0 spiro atoms. The molecule has 32 heavy (non-hydrogen) atoms. The number of nitrogens with one attached hydrogen (secondary N) is 2. The summed E-state index contributed by atoms with van der Waals surface area (Å²) >= 11 is 0. The Balaban J connectivity index is 1.70. The van der Waals surface area contributed by atoms with E-state index in [1.54, 1.807) is 32.4 Å². The second-order valence-corrected chi connectivity index (χ2v) is 6.46. The summed E-state index contributed by atoms with van der Waals surface area (Å²) in [5, 5.41) is 5.54. The van der Waals surface area contributed by atoms with Crippen LogP contribution in [-0.2, 0) is 6.61 Å². The summed E-state index contributed by atoms with van der Waals surface area (Å²) < 4.78 is 35.6. The molecule has 0 atom stereocenters. The first-order chi connectivity index (χ1) is 15.5. The molecule has 9 nitrogen and oxygen atoms in total. The molecule has 168 valence electrons. The number of hydrogen-bond acceptors (Lipinski definition) is 8. The summed E-state index contributed by atoms with van der Waals surface area (Å²) in [6.45, 7) is -0.140. The molecule has 0 saturated heterocycles. The minimum absolute atomic E-state index is 0.0459. The Bertz CT molecular complexity index is 1090. The van der Waals surface area contributed by atoms with E-state index in [1.807, 2.05) is 0 Å². The Morgan fingerprint density at radius 2 is 1.66 bits per heavy atom. The lowest BCUT2D eigenvalue weighted by atomic mass is 10.1. The number of nitrogens with zero attached hydrogens (tertiary/aromatic N) is 2. The van der Waals surface area contributed by atoms with Gasteiger partial charge < -0.3 is 29.6 Å². The lowest BCUT2D eigenvalue weighted by Gasteiger charge is -2.12. The molecule has 3 aromatic rings. The largest absolute Gasteiger partial charge is 0.494 e. The van der Waals surface area contributed by atoms with Crippen LogP contribution >= 0.6 is 0 Å². The van der Waals surface area contributed by atoms with E-state index in [2.05, 4.69) is 20.6 Å². The Labute approximate surface area is 184 Å². The number of anilines is 2. The third kappa shape index (κ3) is 5.15. The molecular weight excluding hydrogens is 419 g/mol. The van der Waals surface area contributed by atoms with E-state index in [-0.39, 0.29) is 29.4 Å². The molecule has 0 aliphatic rings. The van der Waals surface area contributed by atoms with Crippen molar-refractivity contribution in [3.63, 3.8) is 0 Å². The van der Waals surface area contributed by atoms with Gasteiger partial charge in [-0.2, -0.15) is 0 Å². The van der Waals surface area contributed by atoms with Gasteiger partial charge in [0.05, 0.1) is 33.7 Å². The van der Waals surface area contributed by atoms with Crippen molar-refractivity contribution in [1.82, 2.24) is 15.3 Å². The number of ether oxygens (including phenoxy) is 4. The van der Waals surface area contributed by atoms with Gasteiger partial charge in [0.1, 0.15) is 6.61 Å². The Kier molecular flexibility index (Phi) is 7.27. The van der Waals surface area contributed by atoms with E-state index in [1.165, 1.54) is 38.7 Å². The minimum atomic E-state index is -0.604. The average molecular weight is 442 g/mol. The van der Waals surface area contributed by atoms with Crippen LogP contribution in [0.3, 0.4) is 0 Å². The Morgan fingerprint density at radius 1 is 0.969 bits per heavy atom. The molecule has 1 aromatic heterocycles. The van der Waals surface area contributed by atoms with Crippen molar-refractivity contribution in [2.45, 2.75) is 6.61 Å². The summed E-state index contributed by atoms with van der Waals surface area (Å²) in [6, 6.07) is 8.04. The van der Waals surface area contributed by atoms with Crippen LogP contribution in [0, 0.1) is 5.82 Å². The topological polar surface area (TPSA) is 104 Å². The number of amides is 1. The van der Waals surface area contributed by atoms with Crippen LogP contribution in [0.1, 0.15) is 15.9 Å². The quantitative estimate of drug-likeness (QED) is 0.520. The third-order valence-corrected chi connectivity index (χ3v) is 4.49. The van der Waals surface area contributed by atoms with Crippen LogP contribution in [0.15, 0.2) is 42.7 Å². The summed E-state index contributed by atoms with van der Waals surface area (Å²) in [7, 11) is 5.93. The second-order valence-electron chi connectivity index (χ2n) is 6.46. The van der Waals surface area contributed by atoms with Gasteiger partial charge >= 0.3 is 0 Å². The molecule has 0 unspecified atom stereocenters. The van der Waals surface area contributed by atoms with E-state index in [0.717, 1.165) is 0 Å². The van der Waals surface area contributed by atoms with Gasteiger partial charge in [-0.25, -0.2) is 14.4 Å². The molecular formula is C22H23FN4O5. The second kappa shape index (κ2) is 10.3. The highest BCUT2D eigenvalue weighted by molar-refractivity contribution is 5.94. The molecule has 1 heterocycles. The first kappa shape index (κ1) is 22.6. The van der Waals surface area contributed by atoms with E-state index in [9.17, 15) is 9.18 Å². The minimum Gasteiger partial charge on any atom is -0.494 e. The Hall–Kier alpha value is -4.08. The van der Waals surface area contributed by atoms with Crippen LogP contribution in [0.25, 0.3) is 0 Å². The highest BCUT2D eigenvalue weighted by Crippen LogP contribution is 2.30. The monoisotopic (exact) mass is 442 g/mol. The molecule has 0 fully saturated rings. The highest BCUT2D eigenvalue weighted by atomic mass is 19.1. The van der Waals surface area contributed by atoms with Crippen molar-refractivity contribution in [1.29, 1.82) is 0 Å². The maximum Gasteiger partial charge on any atom is 0.251 e. The maximum atomic E-state index is 14.5.